The molecule has 0 spiro atoms. The summed E-state index contributed by atoms with van der Waals surface area (Å²) in [6, 6.07) is 5.20. The molecule has 1 aliphatic rings. The molecule has 7 heteroatoms. The summed E-state index contributed by atoms with van der Waals surface area (Å²) in [5, 5.41) is 13.2. The number of benzene rings is 1. The highest BCUT2D eigenvalue weighted by molar-refractivity contribution is 5.74. The second-order valence-electron chi connectivity index (χ2n) is 5.50. The average molecular weight is 294 g/mol. The van der Waals surface area contributed by atoms with E-state index in [9.17, 15) is 8.78 Å². The van der Waals surface area contributed by atoms with E-state index in [1.165, 1.54) is 0 Å². The Balaban J connectivity index is 1.73. The van der Waals surface area contributed by atoms with E-state index in [0.717, 1.165) is 11.1 Å². The monoisotopic (exact) mass is 294 g/mol. The molecular weight excluding hydrogens is 278 g/mol. The van der Waals surface area contributed by atoms with Gasteiger partial charge in [-0.2, -0.15) is 5.10 Å². The van der Waals surface area contributed by atoms with Crippen molar-refractivity contribution in [3.8, 4) is 11.1 Å². The maximum absolute atomic E-state index is 12.8. The van der Waals surface area contributed by atoms with Crippen LogP contribution in [0.3, 0.4) is 0 Å². The third-order valence-corrected chi connectivity index (χ3v) is 3.76. The average Bonchev–Trinajstić information content (AvgIpc) is 2.86. The van der Waals surface area contributed by atoms with Crippen LogP contribution in [-0.2, 0) is 6.54 Å². The summed E-state index contributed by atoms with van der Waals surface area (Å²) >= 11 is 0. The SMILES string of the molecule is Nc1ccc(-c2cnn(CC3CC(F)(F)C3)c2)cc1NO. The van der Waals surface area contributed by atoms with Gasteiger partial charge in [0.25, 0.3) is 0 Å². The molecule has 0 amide bonds. The molecule has 4 N–H and O–H groups in total. The highest BCUT2D eigenvalue weighted by Gasteiger charge is 2.45. The molecule has 0 atom stereocenters. The van der Waals surface area contributed by atoms with Gasteiger partial charge in [-0.15, -0.1) is 0 Å². The quantitative estimate of drug-likeness (QED) is 0.598. The summed E-state index contributed by atoms with van der Waals surface area (Å²) in [7, 11) is 0. The number of nitrogen functional groups attached to an aromatic ring is 1. The van der Waals surface area contributed by atoms with E-state index in [1.807, 2.05) is 17.7 Å². The van der Waals surface area contributed by atoms with Crippen LogP contribution in [0.15, 0.2) is 30.6 Å². The number of nitrogens with one attached hydrogen (secondary N) is 1. The van der Waals surface area contributed by atoms with Crippen LogP contribution in [0.4, 0.5) is 20.2 Å². The van der Waals surface area contributed by atoms with Gasteiger partial charge < -0.3 is 5.73 Å². The van der Waals surface area contributed by atoms with Crippen molar-refractivity contribution in [2.24, 2.45) is 5.92 Å². The van der Waals surface area contributed by atoms with Gasteiger partial charge in [0, 0.05) is 31.1 Å². The molecule has 2 aromatic rings. The number of alkyl halides is 2. The molecule has 1 heterocycles. The van der Waals surface area contributed by atoms with E-state index in [4.69, 9.17) is 10.9 Å². The van der Waals surface area contributed by atoms with Crippen molar-refractivity contribution in [2.75, 3.05) is 11.2 Å². The van der Waals surface area contributed by atoms with Gasteiger partial charge in [0.05, 0.1) is 17.6 Å². The fourth-order valence-electron chi connectivity index (χ4n) is 2.62. The molecule has 1 aliphatic carbocycles. The second kappa shape index (κ2) is 5.00. The molecule has 0 aliphatic heterocycles. The summed E-state index contributed by atoms with van der Waals surface area (Å²) in [6.45, 7) is 0.496. The lowest BCUT2D eigenvalue weighted by molar-refractivity contribution is -0.114. The molecule has 0 unspecified atom stereocenters. The van der Waals surface area contributed by atoms with Crippen LogP contribution in [0.1, 0.15) is 12.8 Å². The summed E-state index contributed by atoms with van der Waals surface area (Å²) in [5.74, 6) is -2.52. The number of aromatic nitrogens is 2. The smallest absolute Gasteiger partial charge is 0.248 e. The molecule has 0 saturated heterocycles. The maximum Gasteiger partial charge on any atom is 0.248 e. The highest BCUT2D eigenvalue weighted by Crippen LogP contribution is 2.43. The zero-order valence-corrected chi connectivity index (χ0v) is 11.3. The van der Waals surface area contributed by atoms with E-state index in [-0.39, 0.29) is 18.8 Å². The standard InChI is InChI=1S/C14H16F2N4O/c15-14(16)4-9(5-14)7-20-8-11(6-18-20)10-1-2-12(17)13(3-10)19-21/h1-3,6,8-9,19,21H,4-5,7,17H2. The number of nitrogens with zero attached hydrogens (tertiary/aromatic N) is 2. The molecule has 1 aromatic carbocycles. The maximum atomic E-state index is 12.8. The molecule has 1 saturated carbocycles. The van der Waals surface area contributed by atoms with Crippen molar-refractivity contribution in [2.45, 2.75) is 25.3 Å². The minimum absolute atomic E-state index is 0.0196. The Morgan fingerprint density at radius 2 is 2.14 bits per heavy atom. The number of anilines is 2. The summed E-state index contributed by atoms with van der Waals surface area (Å²) < 4.78 is 27.3. The predicted octanol–water partition coefficient (Wildman–Crippen LogP) is 2.98. The Bertz CT molecular complexity index is 648. The number of hydrogen-bond acceptors (Lipinski definition) is 4. The molecule has 0 radical (unpaired) electrons. The number of halogens is 2. The van der Waals surface area contributed by atoms with Gasteiger partial charge in [0.15, 0.2) is 0 Å². The first-order chi connectivity index (χ1) is 9.97. The topological polar surface area (TPSA) is 76.1 Å². The van der Waals surface area contributed by atoms with E-state index in [0.29, 0.717) is 17.9 Å². The lowest BCUT2D eigenvalue weighted by Gasteiger charge is -2.34. The van der Waals surface area contributed by atoms with Crippen LogP contribution in [0, 0.1) is 5.92 Å². The van der Waals surface area contributed by atoms with E-state index >= 15 is 0 Å². The van der Waals surface area contributed by atoms with Crippen molar-refractivity contribution >= 4 is 11.4 Å². The Morgan fingerprint density at radius 1 is 1.38 bits per heavy atom. The first-order valence-electron chi connectivity index (χ1n) is 6.67. The van der Waals surface area contributed by atoms with Crippen LogP contribution in [0.5, 0.6) is 0 Å². The van der Waals surface area contributed by atoms with Gasteiger partial charge in [-0.1, -0.05) is 6.07 Å². The first-order valence-corrected chi connectivity index (χ1v) is 6.67. The molecule has 3 rings (SSSR count). The molecule has 0 bridgehead atoms. The number of hydrogen-bond donors (Lipinski definition) is 3. The van der Waals surface area contributed by atoms with Crippen LogP contribution < -0.4 is 11.2 Å². The third-order valence-electron chi connectivity index (χ3n) is 3.76. The first kappa shape index (κ1) is 13.8. The molecule has 1 aromatic heterocycles. The Kier molecular flexibility index (Phi) is 3.29. The third kappa shape index (κ3) is 2.82. The Morgan fingerprint density at radius 3 is 2.81 bits per heavy atom. The highest BCUT2D eigenvalue weighted by atomic mass is 19.3. The zero-order valence-electron chi connectivity index (χ0n) is 11.3. The van der Waals surface area contributed by atoms with Crippen molar-refractivity contribution in [1.82, 2.24) is 9.78 Å². The van der Waals surface area contributed by atoms with Crippen molar-refractivity contribution in [3.63, 3.8) is 0 Å². The summed E-state index contributed by atoms with van der Waals surface area (Å²) in [5.41, 5.74) is 10.3. The molecule has 1 fully saturated rings. The zero-order chi connectivity index (χ0) is 15.0. The van der Waals surface area contributed by atoms with Gasteiger partial charge >= 0.3 is 0 Å². The normalized spacial score (nSPS) is 17.5. The Labute approximate surface area is 120 Å². The molecule has 5 nitrogen and oxygen atoms in total. The summed E-state index contributed by atoms with van der Waals surface area (Å²) in [4.78, 5) is 0. The minimum atomic E-state index is -2.50. The van der Waals surface area contributed by atoms with Crippen LogP contribution in [0.2, 0.25) is 0 Å². The number of nitrogens with two attached hydrogens (primary N) is 1. The fourth-order valence-corrected chi connectivity index (χ4v) is 2.62. The van der Waals surface area contributed by atoms with E-state index in [1.54, 1.807) is 23.0 Å². The predicted molar refractivity (Wildman–Crippen MR) is 75.2 cm³/mol. The molecule has 112 valence electrons. The largest absolute Gasteiger partial charge is 0.397 e. The minimum Gasteiger partial charge on any atom is -0.397 e. The molecular formula is C14H16F2N4O. The van der Waals surface area contributed by atoms with Crippen LogP contribution in [0.25, 0.3) is 11.1 Å². The van der Waals surface area contributed by atoms with Crippen molar-refractivity contribution in [3.05, 3.63) is 30.6 Å². The lowest BCUT2D eigenvalue weighted by Crippen LogP contribution is -2.37. The van der Waals surface area contributed by atoms with Gasteiger partial charge in [-0.25, -0.2) is 8.78 Å². The lowest BCUT2D eigenvalue weighted by atomic mass is 9.81. The second-order valence-corrected chi connectivity index (χ2v) is 5.50. The van der Waals surface area contributed by atoms with Gasteiger partial charge in [-0.3, -0.25) is 15.4 Å². The van der Waals surface area contributed by atoms with Gasteiger partial charge in [0.1, 0.15) is 0 Å². The van der Waals surface area contributed by atoms with Crippen molar-refractivity contribution < 1.29 is 14.0 Å². The summed E-state index contributed by atoms with van der Waals surface area (Å²) in [6.07, 6.45) is 3.35. The Hall–Kier alpha value is -2.15. The van der Waals surface area contributed by atoms with Crippen LogP contribution >= 0.6 is 0 Å². The number of rotatable bonds is 4. The van der Waals surface area contributed by atoms with E-state index in [2.05, 4.69) is 5.10 Å². The van der Waals surface area contributed by atoms with Gasteiger partial charge in [0.2, 0.25) is 5.92 Å². The van der Waals surface area contributed by atoms with Gasteiger partial charge in [-0.05, 0) is 23.6 Å². The van der Waals surface area contributed by atoms with Crippen LogP contribution in [-0.4, -0.2) is 20.9 Å². The fraction of sp³-hybridized carbons (Fsp3) is 0.357. The molecule has 21 heavy (non-hydrogen) atoms. The van der Waals surface area contributed by atoms with E-state index < -0.39 is 5.92 Å². The van der Waals surface area contributed by atoms with Crippen molar-refractivity contribution in [1.29, 1.82) is 0 Å².